The molecule has 2 N–H and O–H groups in total. The molecule has 6 nitrogen and oxygen atoms in total. The van der Waals surface area contributed by atoms with E-state index in [0.717, 1.165) is 0 Å². The zero-order valence-electron chi connectivity index (χ0n) is 16.6. The van der Waals surface area contributed by atoms with Crippen molar-refractivity contribution in [1.82, 2.24) is 10.3 Å². The molecule has 0 saturated carbocycles. The van der Waals surface area contributed by atoms with Gasteiger partial charge in [0.25, 0.3) is 5.91 Å². The van der Waals surface area contributed by atoms with Crippen LogP contribution in [-0.2, 0) is 11.3 Å². The summed E-state index contributed by atoms with van der Waals surface area (Å²) in [6.07, 6.45) is 1.78. The number of aromatic nitrogens is 1. The van der Waals surface area contributed by atoms with Crippen molar-refractivity contribution in [3.8, 4) is 11.6 Å². The van der Waals surface area contributed by atoms with Crippen LogP contribution in [0.1, 0.15) is 40.7 Å². The minimum Gasteiger partial charge on any atom is -0.481 e. The minimum atomic E-state index is -1.02. The van der Waals surface area contributed by atoms with Gasteiger partial charge in [-0.15, -0.1) is 0 Å². The maximum atomic E-state index is 14.5. The lowest BCUT2D eigenvalue weighted by atomic mass is 9.95. The highest BCUT2D eigenvalue weighted by atomic mass is 19.1. The van der Waals surface area contributed by atoms with E-state index in [4.69, 9.17) is 4.74 Å². The smallest absolute Gasteiger partial charge is 0.310 e. The van der Waals surface area contributed by atoms with E-state index in [9.17, 15) is 23.5 Å². The molecule has 0 saturated heterocycles. The van der Waals surface area contributed by atoms with Crippen LogP contribution in [0.5, 0.6) is 11.6 Å². The van der Waals surface area contributed by atoms with E-state index >= 15 is 0 Å². The Morgan fingerprint density at radius 3 is 2.52 bits per heavy atom. The van der Waals surface area contributed by atoms with E-state index < -0.39 is 29.4 Å². The molecule has 0 fully saturated rings. The van der Waals surface area contributed by atoms with Crippen LogP contribution in [0.2, 0.25) is 0 Å². The minimum absolute atomic E-state index is 0.0228. The second-order valence-corrected chi connectivity index (χ2v) is 6.74. The SMILES string of the molecule is CCC(C(=O)O)c1ccc(CNC(=O)c2cccnc2Oc2ccc(F)cc2)c(F)c1. The fourth-order valence-electron chi connectivity index (χ4n) is 3.01. The maximum Gasteiger partial charge on any atom is 0.310 e. The van der Waals surface area contributed by atoms with Crippen molar-refractivity contribution in [3.63, 3.8) is 0 Å². The first-order chi connectivity index (χ1) is 14.9. The topological polar surface area (TPSA) is 88.5 Å². The van der Waals surface area contributed by atoms with Gasteiger partial charge in [-0.1, -0.05) is 19.1 Å². The molecule has 1 unspecified atom stereocenters. The first-order valence-electron chi connectivity index (χ1n) is 9.56. The number of ether oxygens (including phenoxy) is 1. The average molecular weight is 426 g/mol. The molecule has 0 aliphatic rings. The summed E-state index contributed by atoms with van der Waals surface area (Å²) in [6, 6.07) is 12.5. The first kappa shape index (κ1) is 21.9. The van der Waals surface area contributed by atoms with Crippen LogP contribution in [0.3, 0.4) is 0 Å². The molecular formula is C23H20F2N2O4. The number of nitrogens with one attached hydrogen (secondary N) is 1. The van der Waals surface area contributed by atoms with E-state index in [2.05, 4.69) is 10.3 Å². The standard InChI is InChI=1S/C23H20F2N2O4/c1-2-18(23(29)30)14-5-6-15(20(25)12-14)13-27-21(28)19-4-3-11-26-22(19)31-17-9-7-16(24)8-10-17/h3-12,18H,2,13H2,1H3,(H,27,28)(H,29,30). The van der Waals surface area contributed by atoms with Gasteiger partial charge in [-0.05, 0) is 54.4 Å². The largest absolute Gasteiger partial charge is 0.481 e. The summed E-state index contributed by atoms with van der Waals surface area (Å²) in [6.45, 7) is 1.60. The summed E-state index contributed by atoms with van der Waals surface area (Å²) in [5.74, 6) is -3.05. The van der Waals surface area contributed by atoms with Crippen LogP contribution in [0, 0.1) is 11.6 Å². The fraction of sp³-hybridized carbons (Fsp3) is 0.174. The number of carboxylic acids is 1. The van der Waals surface area contributed by atoms with Crippen LogP contribution in [-0.4, -0.2) is 22.0 Å². The van der Waals surface area contributed by atoms with Gasteiger partial charge in [0.05, 0.1) is 5.92 Å². The summed E-state index contributed by atoms with van der Waals surface area (Å²) in [5, 5.41) is 11.8. The highest BCUT2D eigenvalue weighted by molar-refractivity contribution is 5.96. The number of carbonyl (C=O) groups is 2. The third-order valence-corrected chi connectivity index (χ3v) is 4.67. The van der Waals surface area contributed by atoms with Gasteiger partial charge in [-0.2, -0.15) is 0 Å². The summed E-state index contributed by atoms with van der Waals surface area (Å²) in [4.78, 5) is 27.9. The van der Waals surface area contributed by atoms with Gasteiger partial charge >= 0.3 is 5.97 Å². The molecule has 0 spiro atoms. The van der Waals surface area contributed by atoms with E-state index in [-0.39, 0.29) is 23.6 Å². The number of carbonyl (C=O) groups excluding carboxylic acids is 1. The second kappa shape index (κ2) is 9.80. The highest BCUT2D eigenvalue weighted by Gasteiger charge is 2.19. The molecule has 8 heteroatoms. The summed E-state index contributed by atoms with van der Waals surface area (Å²) < 4.78 is 33.1. The number of amides is 1. The molecule has 0 aliphatic heterocycles. The van der Waals surface area contributed by atoms with Crippen molar-refractivity contribution in [2.75, 3.05) is 0 Å². The van der Waals surface area contributed by atoms with Crippen molar-refractivity contribution in [3.05, 3.63) is 89.1 Å². The van der Waals surface area contributed by atoms with E-state index in [1.54, 1.807) is 19.1 Å². The number of benzene rings is 2. The number of rotatable bonds is 8. The Kier molecular flexibility index (Phi) is 6.92. The van der Waals surface area contributed by atoms with Crippen molar-refractivity contribution >= 4 is 11.9 Å². The highest BCUT2D eigenvalue weighted by Crippen LogP contribution is 2.24. The zero-order valence-corrected chi connectivity index (χ0v) is 16.6. The van der Waals surface area contributed by atoms with Crippen molar-refractivity contribution in [2.45, 2.75) is 25.8 Å². The molecule has 3 rings (SSSR count). The number of halogens is 2. The van der Waals surface area contributed by atoms with Gasteiger partial charge in [0.15, 0.2) is 0 Å². The van der Waals surface area contributed by atoms with Crippen LogP contribution in [0.15, 0.2) is 60.8 Å². The molecule has 1 atom stereocenters. The molecular weight excluding hydrogens is 406 g/mol. The van der Waals surface area contributed by atoms with Gasteiger partial charge in [0.1, 0.15) is 22.9 Å². The molecule has 3 aromatic rings. The van der Waals surface area contributed by atoms with E-state index in [0.29, 0.717) is 17.7 Å². The summed E-state index contributed by atoms with van der Waals surface area (Å²) >= 11 is 0. The Bertz CT molecular complexity index is 1090. The van der Waals surface area contributed by atoms with Gasteiger partial charge in [0.2, 0.25) is 5.88 Å². The van der Waals surface area contributed by atoms with Crippen LogP contribution < -0.4 is 10.1 Å². The Morgan fingerprint density at radius 1 is 1.13 bits per heavy atom. The van der Waals surface area contributed by atoms with Crippen LogP contribution in [0.25, 0.3) is 0 Å². The van der Waals surface area contributed by atoms with Gasteiger partial charge in [-0.3, -0.25) is 9.59 Å². The molecule has 2 aromatic carbocycles. The number of carboxylic acid groups (broad SMARTS) is 1. The third kappa shape index (κ3) is 5.42. The zero-order chi connectivity index (χ0) is 22.4. The second-order valence-electron chi connectivity index (χ2n) is 6.74. The Morgan fingerprint density at radius 2 is 1.87 bits per heavy atom. The number of hydrogen-bond donors (Lipinski definition) is 2. The molecule has 160 valence electrons. The van der Waals surface area contributed by atoms with Crippen molar-refractivity contribution < 1.29 is 28.2 Å². The van der Waals surface area contributed by atoms with E-state index in [1.807, 2.05) is 0 Å². The summed E-state index contributed by atoms with van der Waals surface area (Å²) in [5.41, 5.74) is 0.702. The Hall–Kier alpha value is -3.81. The molecule has 31 heavy (non-hydrogen) atoms. The molecule has 0 bridgehead atoms. The quantitative estimate of drug-likeness (QED) is 0.547. The maximum absolute atomic E-state index is 14.5. The Balaban J connectivity index is 1.71. The average Bonchev–Trinajstić information content (AvgIpc) is 2.75. The lowest BCUT2D eigenvalue weighted by Crippen LogP contribution is -2.24. The predicted octanol–water partition coefficient (Wildman–Crippen LogP) is 4.66. The number of nitrogens with zero attached hydrogens (tertiary/aromatic N) is 1. The number of hydrogen-bond acceptors (Lipinski definition) is 4. The van der Waals surface area contributed by atoms with Crippen molar-refractivity contribution in [1.29, 1.82) is 0 Å². The van der Waals surface area contributed by atoms with Gasteiger partial charge in [-0.25, -0.2) is 13.8 Å². The molecule has 0 radical (unpaired) electrons. The Labute approximate surface area is 177 Å². The first-order valence-corrected chi connectivity index (χ1v) is 9.56. The molecule has 0 aliphatic carbocycles. The number of aliphatic carboxylic acids is 1. The molecule has 1 heterocycles. The fourth-order valence-corrected chi connectivity index (χ4v) is 3.01. The lowest BCUT2D eigenvalue weighted by molar-refractivity contribution is -0.138. The number of pyridine rings is 1. The lowest BCUT2D eigenvalue weighted by Gasteiger charge is -2.13. The van der Waals surface area contributed by atoms with Crippen molar-refractivity contribution in [2.24, 2.45) is 0 Å². The third-order valence-electron chi connectivity index (χ3n) is 4.67. The van der Waals surface area contributed by atoms with Crippen LogP contribution >= 0.6 is 0 Å². The predicted molar refractivity (Wildman–Crippen MR) is 109 cm³/mol. The summed E-state index contributed by atoms with van der Waals surface area (Å²) in [7, 11) is 0. The van der Waals surface area contributed by atoms with E-state index in [1.165, 1.54) is 48.7 Å². The van der Waals surface area contributed by atoms with Crippen LogP contribution in [0.4, 0.5) is 8.78 Å². The van der Waals surface area contributed by atoms with Gasteiger partial charge < -0.3 is 15.2 Å². The normalized spacial score (nSPS) is 11.6. The molecule has 1 aromatic heterocycles. The monoisotopic (exact) mass is 426 g/mol. The van der Waals surface area contributed by atoms with Gasteiger partial charge in [0, 0.05) is 18.3 Å². The molecule has 1 amide bonds.